The lowest BCUT2D eigenvalue weighted by Crippen LogP contribution is -2.53. The van der Waals surface area contributed by atoms with Crippen molar-refractivity contribution in [2.45, 2.75) is 38.8 Å². The summed E-state index contributed by atoms with van der Waals surface area (Å²) in [4.78, 5) is 14.1. The van der Waals surface area contributed by atoms with E-state index in [4.69, 9.17) is 4.98 Å². The van der Waals surface area contributed by atoms with Crippen LogP contribution >= 0.6 is 0 Å². The summed E-state index contributed by atoms with van der Waals surface area (Å²) >= 11 is 0. The smallest absolute Gasteiger partial charge is 0.147 e. The van der Waals surface area contributed by atoms with Crippen LogP contribution in [0.3, 0.4) is 0 Å². The van der Waals surface area contributed by atoms with Crippen LogP contribution in [0.1, 0.15) is 31.9 Å². The Morgan fingerprint density at radius 2 is 2.19 bits per heavy atom. The molecule has 5 nitrogen and oxygen atoms in total. The molecule has 116 valence electrons. The first-order valence-electron chi connectivity index (χ1n) is 8.24. The molecular weight excluding hydrogens is 262 g/mol. The molecule has 2 fully saturated rings. The third-order valence-electron chi connectivity index (χ3n) is 4.90. The minimum absolute atomic E-state index is 0.771. The third-order valence-corrected chi connectivity index (χ3v) is 4.90. The number of nitrogens with zero attached hydrogens (tertiary/aromatic N) is 4. The molecule has 21 heavy (non-hydrogen) atoms. The second-order valence-electron chi connectivity index (χ2n) is 6.33. The summed E-state index contributed by atoms with van der Waals surface area (Å²) in [5.41, 5.74) is 1.04. The molecule has 2 saturated heterocycles. The summed E-state index contributed by atoms with van der Waals surface area (Å²) < 4.78 is 0. The normalized spacial score (nSPS) is 26.7. The van der Waals surface area contributed by atoms with Crippen molar-refractivity contribution in [2.75, 3.05) is 38.1 Å². The molecule has 2 unspecified atom stereocenters. The van der Waals surface area contributed by atoms with Crippen molar-refractivity contribution >= 4 is 5.82 Å². The van der Waals surface area contributed by atoms with E-state index < -0.39 is 0 Å². The molecule has 5 heteroatoms. The van der Waals surface area contributed by atoms with E-state index in [2.05, 4.69) is 34.1 Å². The van der Waals surface area contributed by atoms with Crippen molar-refractivity contribution in [2.24, 2.45) is 5.92 Å². The number of hydrogen-bond donors (Lipinski definition) is 1. The highest BCUT2D eigenvalue weighted by Gasteiger charge is 2.34. The van der Waals surface area contributed by atoms with E-state index in [1.165, 1.54) is 25.8 Å². The van der Waals surface area contributed by atoms with Gasteiger partial charge < -0.3 is 15.1 Å². The Hall–Kier alpha value is -1.20. The summed E-state index contributed by atoms with van der Waals surface area (Å²) in [5.74, 6) is 1.84. The van der Waals surface area contributed by atoms with Gasteiger partial charge >= 0.3 is 0 Å². The predicted molar refractivity (Wildman–Crippen MR) is 85.4 cm³/mol. The van der Waals surface area contributed by atoms with Gasteiger partial charge in [0.25, 0.3) is 0 Å². The number of rotatable bonds is 4. The quantitative estimate of drug-likeness (QED) is 0.910. The Balaban J connectivity index is 1.67. The zero-order valence-electron chi connectivity index (χ0n) is 13.3. The summed E-state index contributed by atoms with van der Waals surface area (Å²) in [6, 6.07) is 0.771. The number of hydrogen-bond acceptors (Lipinski definition) is 5. The third kappa shape index (κ3) is 3.35. The van der Waals surface area contributed by atoms with Gasteiger partial charge in [0.1, 0.15) is 5.82 Å². The molecule has 0 spiro atoms. The molecule has 3 heterocycles. The average molecular weight is 289 g/mol. The minimum Gasteiger partial charge on any atom is -0.355 e. The maximum Gasteiger partial charge on any atom is 0.147 e. The summed E-state index contributed by atoms with van der Waals surface area (Å²) in [6.07, 6.45) is 7.73. The van der Waals surface area contributed by atoms with Gasteiger partial charge in [0.2, 0.25) is 0 Å². The van der Waals surface area contributed by atoms with Crippen LogP contribution < -0.4 is 10.2 Å². The fourth-order valence-corrected chi connectivity index (χ4v) is 3.75. The molecule has 0 amide bonds. The zero-order chi connectivity index (χ0) is 14.7. The molecule has 0 aliphatic carbocycles. The lowest BCUT2D eigenvalue weighted by atomic mass is 9.84. The Morgan fingerprint density at radius 1 is 1.29 bits per heavy atom. The van der Waals surface area contributed by atoms with Crippen molar-refractivity contribution in [1.82, 2.24) is 20.2 Å². The van der Waals surface area contributed by atoms with E-state index in [-0.39, 0.29) is 0 Å². The molecule has 0 radical (unpaired) electrons. The lowest BCUT2D eigenvalue weighted by Gasteiger charge is -2.46. The molecule has 0 aromatic carbocycles. The first-order chi connectivity index (χ1) is 10.3. The largest absolute Gasteiger partial charge is 0.355 e. The van der Waals surface area contributed by atoms with Gasteiger partial charge in [0, 0.05) is 31.9 Å². The second-order valence-corrected chi connectivity index (χ2v) is 6.33. The SMILES string of the molecule is CCNCc1cncc(N2CCC3C(CCCN3C)C2)n1. The maximum absolute atomic E-state index is 4.78. The highest BCUT2D eigenvalue weighted by molar-refractivity contribution is 5.37. The summed E-state index contributed by atoms with van der Waals surface area (Å²) in [7, 11) is 2.28. The van der Waals surface area contributed by atoms with Crippen LogP contribution in [0.25, 0.3) is 0 Å². The standard InChI is InChI=1S/C16H27N5/c1-3-17-9-14-10-18-11-16(19-14)21-8-6-15-13(12-21)5-4-7-20(15)2/h10-11,13,15,17H,3-9,12H2,1-2H3. The van der Waals surface area contributed by atoms with Crippen LogP contribution in [-0.2, 0) is 6.54 Å². The molecule has 2 atom stereocenters. The minimum atomic E-state index is 0.771. The van der Waals surface area contributed by atoms with Crippen LogP contribution in [0.4, 0.5) is 5.82 Å². The molecule has 0 saturated carbocycles. The van der Waals surface area contributed by atoms with E-state index in [1.807, 2.05) is 12.4 Å². The van der Waals surface area contributed by atoms with Gasteiger partial charge in [-0.1, -0.05) is 6.92 Å². The fraction of sp³-hybridized carbons (Fsp3) is 0.750. The maximum atomic E-state index is 4.78. The van der Waals surface area contributed by atoms with Crippen LogP contribution in [0.5, 0.6) is 0 Å². The fourth-order valence-electron chi connectivity index (χ4n) is 3.75. The highest BCUT2D eigenvalue weighted by atomic mass is 15.2. The Kier molecular flexibility index (Phi) is 4.70. The van der Waals surface area contributed by atoms with Gasteiger partial charge in [0.15, 0.2) is 0 Å². The van der Waals surface area contributed by atoms with Crippen molar-refractivity contribution in [3.8, 4) is 0 Å². The van der Waals surface area contributed by atoms with Gasteiger partial charge in [-0.3, -0.25) is 4.98 Å². The number of anilines is 1. The van der Waals surface area contributed by atoms with E-state index in [0.29, 0.717) is 0 Å². The number of likely N-dealkylation sites (tertiary alicyclic amines) is 1. The molecule has 1 aromatic rings. The molecule has 2 aliphatic heterocycles. The number of nitrogens with one attached hydrogen (secondary N) is 1. The van der Waals surface area contributed by atoms with Crippen molar-refractivity contribution < 1.29 is 0 Å². The Bertz CT molecular complexity index is 464. The number of fused-ring (bicyclic) bond motifs is 1. The van der Waals surface area contributed by atoms with E-state index in [0.717, 1.165) is 49.7 Å². The van der Waals surface area contributed by atoms with Gasteiger partial charge in [0.05, 0.1) is 11.9 Å². The average Bonchev–Trinajstić information content (AvgIpc) is 2.53. The number of aromatic nitrogens is 2. The predicted octanol–water partition coefficient (Wildman–Crippen LogP) is 1.51. The highest BCUT2D eigenvalue weighted by Crippen LogP contribution is 2.31. The van der Waals surface area contributed by atoms with Crippen LogP contribution in [-0.4, -0.2) is 54.1 Å². The van der Waals surface area contributed by atoms with Crippen LogP contribution in [0, 0.1) is 5.92 Å². The van der Waals surface area contributed by atoms with Gasteiger partial charge in [-0.05, 0) is 45.3 Å². The van der Waals surface area contributed by atoms with Gasteiger partial charge in [-0.2, -0.15) is 0 Å². The molecule has 0 bridgehead atoms. The van der Waals surface area contributed by atoms with E-state index in [9.17, 15) is 0 Å². The number of piperidine rings is 2. The van der Waals surface area contributed by atoms with Crippen molar-refractivity contribution in [3.05, 3.63) is 18.1 Å². The molecule has 1 aromatic heterocycles. The van der Waals surface area contributed by atoms with Crippen LogP contribution in [0.15, 0.2) is 12.4 Å². The summed E-state index contributed by atoms with van der Waals surface area (Å²) in [6.45, 7) is 7.38. The van der Waals surface area contributed by atoms with Crippen molar-refractivity contribution in [3.63, 3.8) is 0 Å². The lowest BCUT2D eigenvalue weighted by molar-refractivity contribution is 0.102. The molecule has 3 rings (SSSR count). The zero-order valence-corrected chi connectivity index (χ0v) is 13.3. The van der Waals surface area contributed by atoms with Crippen molar-refractivity contribution in [1.29, 1.82) is 0 Å². The molecule has 2 aliphatic rings. The first-order valence-corrected chi connectivity index (χ1v) is 8.24. The van der Waals surface area contributed by atoms with Gasteiger partial charge in [-0.15, -0.1) is 0 Å². The Morgan fingerprint density at radius 3 is 3.05 bits per heavy atom. The van der Waals surface area contributed by atoms with Crippen LogP contribution in [0.2, 0.25) is 0 Å². The summed E-state index contributed by atoms with van der Waals surface area (Å²) in [5, 5.41) is 3.32. The Labute approximate surface area is 127 Å². The first kappa shape index (κ1) is 14.7. The molecular formula is C16H27N5. The van der Waals surface area contributed by atoms with E-state index >= 15 is 0 Å². The monoisotopic (exact) mass is 289 g/mol. The van der Waals surface area contributed by atoms with Gasteiger partial charge in [-0.25, -0.2) is 4.98 Å². The molecule has 1 N–H and O–H groups in total. The van der Waals surface area contributed by atoms with E-state index in [1.54, 1.807) is 0 Å². The topological polar surface area (TPSA) is 44.3 Å². The second kappa shape index (κ2) is 6.71.